The third kappa shape index (κ3) is 10.8. The van der Waals surface area contributed by atoms with Crippen LogP contribution in [0.25, 0.3) is 0 Å². The lowest BCUT2D eigenvalue weighted by atomic mass is 10.1. The van der Waals surface area contributed by atoms with E-state index in [1.165, 1.54) is 0 Å². The van der Waals surface area contributed by atoms with Gasteiger partial charge in [0.1, 0.15) is 5.75 Å². The van der Waals surface area contributed by atoms with Gasteiger partial charge in [-0.1, -0.05) is 26.0 Å². The molecular weight excluding hydrogens is 445 g/mol. The summed E-state index contributed by atoms with van der Waals surface area (Å²) in [5.41, 5.74) is 1.10. The summed E-state index contributed by atoms with van der Waals surface area (Å²) in [4.78, 5) is 4.60. The van der Waals surface area contributed by atoms with Crippen LogP contribution >= 0.6 is 24.0 Å². The maximum atomic E-state index is 9.98. The Kier molecular flexibility index (Phi) is 14.4. The van der Waals surface area contributed by atoms with Crippen LogP contribution in [0, 0.1) is 5.92 Å². The van der Waals surface area contributed by atoms with E-state index in [9.17, 15) is 5.11 Å². The molecule has 26 heavy (non-hydrogen) atoms. The lowest BCUT2D eigenvalue weighted by molar-refractivity contribution is 0.128. The Labute approximate surface area is 174 Å². The van der Waals surface area contributed by atoms with Gasteiger partial charge in [-0.05, 0) is 37.0 Å². The lowest BCUT2D eigenvalue weighted by Gasteiger charge is -2.18. The summed E-state index contributed by atoms with van der Waals surface area (Å²) < 4.78 is 10.5. The third-order valence-electron chi connectivity index (χ3n) is 3.79. The van der Waals surface area contributed by atoms with Crippen LogP contribution in [0.5, 0.6) is 5.75 Å². The molecule has 0 aromatic heterocycles. The second-order valence-electron chi connectivity index (χ2n) is 6.18. The smallest absolute Gasteiger partial charge is 0.191 e. The van der Waals surface area contributed by atoms with Gasteiger partial charge in [-0.15, -0.1) is 24.0 Å². The van der Waals surface area contributed by atoms with Gasteiger partial charge in [0.05, 0.1) is 19.8 Å². The average Bonchev–Trinajstić information content (AvgIpc) is 2.63. The summed E-state index contributed by atoms with van der Waals surface area (Å²) in [6.07, 6.45) is 0.500. The van der Waals surface area contributed by atoms with Gasteiger partial charge in [-0.2, -0.15) is 0 Å². The Morgan fingerprint density at radius 3 is 2.46 bits per heavy atom. The maximum Gasteiger partial charge on any atom is 0.191 e. The molecule has 6 nitrogen and oxygen atoms in total. The Balaban J connectivity index is 0.00000625. The first kappa shape index (κ1) is 24.9. The summed E-state index contributed by atoms with van der Waals surface area (Å²) in [5.74, 6) is 1.74. The van der Waals surface area contributed by atoms with Gasteiger partial charge in [-0.25, -0.2) is 4.99 Å². The monoisotopic (exact) mass is 479 g/mol. The summed E-state index contributed by atoms with van der Waals surface area (Å²) in [6, 6.07) is 7.85. The highest BCUT2D eigenvalue weighted by Crippen LogP contribution is 2.11. The molecule has 0 bridgehead atoms. The molecule has 1 aromatic rings. The van der Waals surface area contributed by atoms with Crippen LogP contribution in [0.4, 0.5) is 0 Å². The van der Waals surface area contributed by atoms with Gasteiger partial charge in [0, 0.05) is 26.3 Å². The molecule has 1 aromatic carbocycles. The number of aliphatic hydroxyl groups excluding tert-OH is 1. The summed E-state index contributed by atoms with van der Waals surface area (Å²) in [5, 5.41) is 16.5. The molecule has 0 heterocycles. The summed E-state index contributed by atoms with van der Waals surface area (Å²) in [6.45, 7) is 9.24. The van der Waals surface area contributed by atoms with Gasteiger partial charge in [0.2, 0.25) is 0 Å². The highest BCUT2D eigenvalue weighted by atomic mass is 127. The Morgan fingerprint density at radius 2 is 1.88 bits per heavy atom. The van der Waals surface area contributed by atoms with E-state index < -0.39 is 6.10 Å². The first-order chi connectivity index (χ1) is 12.1. The number of aliphatic imine (C=N–C) groups is 1. The van der Waals surface area contributed by atoms with E-state index in [1.807, 2.05) is 45.0 Å². The number of nitrogens with zero attached hydrogens (tertiary/aromatic N) is 1. The van der Waals surface area contributed by atoms with Gasteiger partial charge in [-0.3, -0.25) is 0 Å². The molecule has 0 amide bonds. The number of methoxy groups -OCH3 is 1. The largest absolute Gasteiger partial charge is 0.497 e. The van der Waals surface area contributed by atoms with Gasteiger partial charge >= 0.3 is 0 Å². The molecule has 150 valence electrons. The normalized spacial score (nSPS) is 12.5. The minimum atomic E-state index is -0.406. The fourth-order valence-corrected chi connectivity index (χ4v) is 2.04. The molecule has 7 heteroatoms. The topological polar surface area (TPSA) is 75.1 Å². The fraction of sp³-hybridized carbons (Fsp3) is 0.632. The van der Waals surface area contributed by atoms with E-state index in [2.05, 4.69) is 15.6 Å². The van der Waals surface area contributed by atoms with Crippen molar-refractivity contribution in [3.05, 3.63) is 29.8 Å². The van der Waals surface area contributed by atoms with Crippen LogP contribution < -0.4 is 15.4 Å². The zero-order valence-electron chi connectivity index (χ0n) is 16.3. The Bertz CT molecular complexity index is 495. The molecule has 0 radical (unpaired) electrons. The Morgan fingerprint density at radius 1 is 1.19 bits per heavy atom. The number of guanidine groups is 1. The van der Waals surface area contributed by atoms with Crippen molar-refractivity contribution in [1.29, 1.82) is 0 Å². The number of benzene rings is 1. The van der Waals surface area contributed by atoms with Crippen LogP contribution in [-0.2, 0) is 11.3 Å². The highest BCUT2D eigenvalue weighted by Gasteiger charge is 2.09. The van der Waals surface area contributed by atoms with Crippen LogP contribution in [-0.4, -0.2) is 50.6 Å². The molecule has 0 aliphatic rings. The fourth-order valence-electron chi connectivity index (χ4n) is 2.04. The second kappa shape index (κ2) is 15.0. The van der Waals surface area contributed by atoms with Crippen molar-refractivity contribution in [2.24, 2.45) is 10.9 Å². The number of nitrogens with one attached hydrogen (secondary N) is 2. The van der Waals surface area contributed by atoms with Crippen molar-refractivity contribution in [2.45, 2.75) is 39.8 Å². The van der Waals surface area contributed by atoms with E-state index in [0.29, 0.717) is 19.0 Å². The molecule has 1 atom stereocenters. The van der Waals surface area contributed by atoms with Crippen molar-refractivity contribution in [3.8, 4) is 5.75 Å². The predicted octanol–water partition coefficient (Wildman–Crippen LogP) is 2.79. The lowest BCUT2D eigenvalue weighted by Crippen LogP contribution is -2.43. The molecule has 1 rings (SSSR count). The molecule has 0 saturated heterocycles. The van der Waals surface area contributed by atoms with Crippen LogP contribution in [0.1, 0.15) is 32.8 Å². The van der Waals surface area contributed by atoms with Gasteiger partial charge in [0.15, 0.2) is 5.96 Å². The van der Waals surface area contributed by atoms with E-state index in [1.54, 1.807) is 7.11 Å². The molecule has 0 aliphatic heterocycles. The molecule has 3 N–H and O–H groups in total. The van der Waals surface area contributed by atoms with Gasteiger partial charge in [0.25, 0.3) is 0 Å². The van der Waals surface area contributed by atoms with Crippen molar-refractivity contribution < 1.29 is 14.6 Å². The average molecular weight is 479 g/mol. The van der Waals surface area contributed by atoms with Crippen LogP contribution in [0.15, 0.2) is 29.3 Å². The van der Waals surface area contributed by atoms with E-state index in [0.717, 1.165) is 37.5 Å². The maximum absolute atomic E-state index is 9.98. The predicted molar refractivity (Wildman–Crippen MR) is 118 cm³/mol. The zero-order chi connectivity index (χ0) is 18.5. The number of rotatable bonds is 11. The van der Waals surface area contributed by atoms with Crippen molar-refractivity contribution in [3.63, 3.8) is 0 Å². The second-order valence-corrected chi connectivity index (χ2v) is 6.18. The number of ether oxygens (including phenoxy) is 2. The van der Waals surface area contributed by atoms with E-state index >= 15 is 0 Å². The van der Waals surface area contributed by atoms with Crippen LogP contribution in [0.2, 0.25) is 0 Å². The standard InChI is InChI=1S/C19H33N3O3.HI/c1-5-25-12-6-11-20-19(22-14-18(23)15(2)3)21-13-16-7-9-17(24-4)10-8-16;/h7-10,15,18,23H,5-6,11-14H2,1-4H3,(H2,20,21,22);1H. The number of hydrogen-bond acceptors (Lipinski definition) is 4. The Hall–Kier alpha value is -1.06. The van der Waals surface area contributed by atoms with E-state index in [-0.39, 0.29) is 29.9 Å². The number of halogens is 1. The minimum absolute atomic E-state index is 0. The van der Waals surface area contributed by atoms with Gasteiger partial charge < -0.3 is 25.2 Å². The number of hydrogen-bond donors (Lipinski definition) is 3. The van der Waals surface area contributed by atoms with E-state index in [4.69, 9.17) is 9.47 Å². The first-order valence-electron chi connectivity index (χ1n) is 8.97. The minimum Gasteiger partial charge on any atom is -0.497 e. The summed E-state index contributed by atoms with van der Waals surface area (Å²) >= 11 is 0. The number of aliphatic hydroxyl groups is 1. The molecular formula is C19H34IN3O3. The SMILES string of the molecule is CCOCCCNC(=NCc1ccc(OC)cc1)NCC(O)C(C)C.I. The first-order valence-corrected chi connectivity index (χ1v) is 8.97. The third-order valence-corrected chi connectivity index (χ3v) is 3.79. The quantitative estimate of drug-likeness (QED) is 0.197. The highest BCUT2D eigenvalue weighted by molar-refractivity contribution is 14.0. The van der Waals surface area contributed by atoms with Crippen molar-refractivity contribution in [2.75, 3.05) is 33.4 Å². The van der Waals surface area contributed by atoms with Crippen molar-refractivity contribution >= 4 is 29.9 Å². The molecule has 0 spiro atoms. The molecule has 0 saturated carbocycles. The summed E-state index contributed by atoms with van der Waals surface area (Å²) in [7, 11) is 1.65. The zero-order valence-corrected chi connectivity index (χ0v) is 18.7. The molecule has 0 fully saturated rings. The van der Waals surface area contributed by atoms with Crippen LogP contribution in [0.3, 0.4) is 0 Å². The van der Waals surface area contributed by atoms with Crippen molar-refractivity contribution in [1.82, 2.24) is 10.6 Å². The molecule has 1 unspecified atom stereocenters. The molecule has 0 aliphatic carbocycles.